The Hall–Kier alpha value is -3.09. The van der Waals surface area contributed by atoms with Gasteiger partial charge in [0.15, 0.2) is 0 Å². The minimum Gasteiger partial charge on any atom is -0.467 e. The Labute approximate surface area is 205 Å². The van der Waals surface area contributed by atoms with E-state index < -0.39 is 33.4 Å². The fraction of sp³-hybridized carbons (Fsp3) is 0.269. The minimum atomic E-state index is -1.21. The number of nitrogens with zero attached hydrogens (tertiary/aromatic N) is 1. The van der Waals surface area contributed by atoms with Crippen LogP contribution in [0.4, 0.5) is 0 Å². The Morgan fingerprint density at radius 3 is 1.79 bits per heavy atom. The molecule has 8 heteroatoms. The fourth-order valence-corrected chi connectivity index (χ4v) is 6.94. The lowest BCUT2D eigenvalue weighted by molar-refractivity contribution is -0.140. The summed E-state index contributed by atoms with van der Waals surface area (Å²) in [7, 11) is 0. The van der Waals surface area contributed by atoms with Crippen LogP contribution >= 0.6 is 23.2 Å². The van der Waals surface area contributed by atoms with E-state index in [-0.39, 0.29) is 25.4 Å². The van der Waals surface area contributed by atoms with E-state index in [1.165, 1.54) is 6.26 Å². The molecule has 3 aromatic rings. The molecule has 4 aliphatic rings. The number of carbonyl (C=O) groups is 3. The van der Waals surface area contributed by atoms with Crippen molar-refractivity contribution in [2.24, 2.45) is 11.8 Å². The van der Waals surface area contributed by atoms with Crippen molar-refractivity contribution in [3.8, 4) is 0 Å². The first kappa shape index (κ1) is 21.4. The molecule has 3 amide bonds. The number of imide groups is 1. The summed E-state index contributed by atoms with van der Waals surface area (Å²) in [4.78, 5) is 38.5. The molecule has 0 spiro atoms. The number of benzene rings is 2. The normalized spacial score (nSPS) is 28.5. The maximum absolute atomic E-state index is 13.7. The zero-order chi connectivity index (χ0) is 23.7. The molecule has 2 aromatic carbocycles. The summed E-state index contributed by atoms with van der Waals surface area (Å²) in [5.41, 5.74) is 3.02. The molecule has 1 N–H and O–H groups in total. The van der Waals surface area contributed by atoms with Crippen LogP contribution in [0.25, 0.3) is 0 Å². The highest BCUT2D eigenvalue weighted by Crippen LogP contribution is 2.69. The largest absolute Gasteiger partial charge is 0.467 e. The zero-order valence-corrected chi connectivity index (χ0v) is 19.5. The predicted molar refractivity (Wildman–Crippen MR) is 125 cm³/mol. The van der Waals surface area contributed by atoms with Gasteiger partial charge in [0.25, 0.3) is 0 Å². The quantitative estimate of drug-likeness (QED) is 0.431. The molecular weight excluding hydrogens is 475 g/mol. The lowest BCUT2D eigenvalue weighted by atomic mass is 9.54. The molecule has 2 heterocycles. The van der Waals surface area contributed by atoms with Crippen molar-refractivity contribution in [2.75, 3.05) is 6.54 Å². The molecule has 3 aliphatic carbocycles. The van der Waals surface area contributed by atoms with Crippen LogP contribution in [0.3, 0.4) is 0 Å². The van der Waals surface area contributed by atoms with Gasteiger partial charge in [-0.3, -0.25) is 19.3 Å². The number of nitrogens with one attached hydrogen (secondary N) is 1. The van der Waals surface area contributed by atoms with Gasteiger partial charge in [0, 0.05) is 13.0 Å². The average Bonchev–Trinajstić information content (AvgIpc) is 3.46. The Bertz CT molecular complexity index is 1210. The summed E-state index contributed by atoms with van der Waals surface area (Å²) in [6.07, 6.45) is 1.50. The van der Waals surface area contributed by atoms with E-state index in [4.69, 9.17) is 27.6 Å². The van der Waals surface area contributed by atoms with Crippen molar-refractivity contribution < 1.29 is 18.8 Å². The highest BCUT2D eigenvalue weighted by molar-refractivity contribution is 6.36. The minimum absolute atomic E-state index is 0.0257. The van der Waals surface area contributed by atoms with E-state index in [0.717, 1.165) is 27.2 Å². The molecule has 1 aromatic heterocycles. The highest BCUT2D eigenvalue weighted by Gasteiger charge is 2.72. The van der Waals surface area contributed by atoms with Gasteiger partial charge in [-0.25, -0.2) is 0 Å². The van der Waals surface area contributed by atoms with E-state index in [9.17, 15) is 14.4 Å². The molecule has 1 saturated heterocycles. The number of hydrogen-bond acceptors (Lipinski definition) is 4. The molecule has 0 radical (unpaired) electrons. The first-order valence-corrected chi connectivity index (χ1v) is 11.9. The summed E-state index contributed by atoms with van der Waals surface area (Å²) in [6, 6.07) is 18.5. The van der Waals surface area contributed by atoms with E-state index in [1.54, 1.807) is 12.1 Å². The third kappa shape index (κ3) is 2.67. The number of carbonyl (C=O) groups excluding carboxylic acids is 3. The molecule has 1 fully saturated rings. The van der Waals surface area contributed by atoms with Gasteiger partial charge in [-0.1, -0.05) is 48.5 Å². The van der Waals surface area contributed by atoms with E-state index >= 15 is 0 Å². The van der Waals surface area contributed by atoms with Gasteiger partial charge in [0.2, 0.25) is 17.7 Å². The standard InChI is InChI=1S/C26H20Cl2N2O4/c27-25-16-7-1-2-8-17(16)26(28,19-10-4-3-9-18(19)25)22-21(25)23(32)30(24(22)33)12-11-20(31)29-14-15-6-5-13-34-15/h1-10,13,21-22H,11-12,14H2,(H,29,31)/t21-,22-,25?,26?/m0/s1. The topological polar surface area (TPSA) is 79.6 Å². The van der Waals surface area contributed by atoms with Crippen molar-refractivity contribution in [2.45, 2.75) is 22.7 Å². The molecular formula is C26H20Cl2N2O4. The predicted octanol–water partition coefficient (Wildman–Crippen LogP) is 3.88. The molecule has 1 aliphatic heterocycles. The second kappa shape index (κ2) is 7.45. The van der Waals surface area contributed by atoms with Crippen LogP contribution in [0.1, 0.15) is 34.4 Å². The van der Waals surface area contributed by atoms with Crippen molar-refractivity contribution in [3.05, 3.63) is 94.9 Å². The van der Waals surface area contributed by atoms with Crippen molar-refractivity contribution >= 4 is 40.9 Å². The van der Waals surface area contributed by atoms with Crippen LogP contribution in [0.2, 0.25) is 0 Å². The first-order chi connectivity index (χ1) is 16.4. The van der Waals surface area contributed by atoms with Gasteiger partial charge in [0.1, 0.15) is 15.5 Å². The van der Waals surface area contributed by atoms with Crippen LogP contribution in [0.15, 0.2) is 71.3 Å². The Balaban J connectivity index is 1.34. The van der Waals surface area contributed by atoms with E-state index in [2.05, 4.69) is 5.32 Å². The number of rotatable bonds is 5. The monoisotopic (exact) mass is 494 g/mol. The summed E-state index contributed by atoms with van der Waals surface area (Å²) in [5, 5.41) is 2.74. The van der Waals surface area contributed by atoms with E-state index in [0.29, 0.717) is 5.76 Å². The zero-order valence-electron chi connectivity index (χ0n) is 18.0. The van der Waals surface area contributed by atoms with Gasteiger partial charge in [-0.2, -0.15) is 0 Å². The SMILES string of the molecule is O=C(CCN1C(=O)[C@@H]2[C@@H](C1=O)C1(Cl)c3ccccc3C2(Cl)c2ccccc21)NCc1ccco1. The van der Waals surface area contributed by atoms with Crippen molar-refractivity contribution in [1.29, 1.82) is 0 Å². The lowest BCUT2D eigenvalue weighted by Crippen LogP contribution is -2.57. The third-order valence-electron chi connectivity index (χ3n) is 7.28. The Morgan fingerprint density at radius 2 is 1.35 bits per heavy atom. The second-order valence-electron chi connectivity index (χ2n) is 8.90. The number of furan rings is 1. The van der Waals surface area contributed by atoms with E-state index in [1.807, 2.05) is 48.5 Å². The molecule has 2 atom stereocenters. The van der Waals surface area contributed by atoms with Gasteiger partial charge >= 0.3 is 0 Å². The maximum atomic E-state index is 13.7. The van der Waals surface area contributed by atoms with Crippen molar-refractivity contribution in [3.63, 3.8) is 0 Å². The molecule has 2 bridgehead atoms. The third-order valence-corrected chi connectivity index (χ3v) is 8.56. The van der Waals surface area contributed by atoms with Crippen LogP contribution in [-0.2, 0) is 30.7 Å². The summed E-state index contributed by atoms with van der Waals surface area (Å²) in [5.74, 6) is -2.16. The molecule has 34 heavy (non-hydrogen) atoms. The summed E-state index contributed by atoms with van der Waals surface area (Å²) in [6.45, 7) is 0.195. The van der Waals surface area contributed by atoms with Gasteiger partial charge in [0.05, 0.1) is 24.6 Å². The number of amides is 3. The van der Waals surface area contributed by atoms with Crippen LogP contribution in [0.5, 0.6) is 0 Å². The first-order valence-electron chi connectivity index (χ1n) is 11.1. The lowest BCUT2D eigenvalue weighted by Gasteiger charge is -2.54. The molecule has 172 valence electrons. The Kier molecular flexibility index (Phi) is 4.70. The maximum Gasteiger partial charge on any atom is 0.235 e. The molecule has 0 saturated carbocycles. The van der Waals surface area contributed by atoms with Gasteiger partial charge < -0.3 is 9.73 Å². The van der Waals surface area contributed by atoms with Crippen LogP contribution in [0, 0.1) is 11.8 Å². The number of hydrogen-bond donors (Lipinski definition) is 1. The highest BCUT2D eigenvalue weighted by atomic mass is 35.5. The Morgan fingerprint density at radius 1 is 0.853 bits per heavy atom. The van der Waals surface area contributed by atoms with Gasteiger partial charge in [-0.05, 0) is 34.4 Å². The smallest absolute Gasteiger partial charge is 0.235 e. The van der Waals surface area contributed by atoms with Crippen molar-refractivity contribution in [1.82, 2.24) is 10.2 Å². The molecule has 0 unspecified atom stereocenters. The average molecular weight is 495 g/mol. The van der Waals surface area contributed by atoms with Gasteiger partial charge in [-0.15, -0.1) is 23.2 Å². The second-order valence-corrected chi connectivity index (χ2v) is 10.1. The van der Waals surface area contributed by atoms with Crippen LogP contribution < -0.4 is 5.32 Å². The molecule has 6 nitrogen and oxygen atoms in total. The van der Waals surface area contributed by atoms with Crippen LogP contribution in [-0.4, -0.2) is 29.2 Å². The number of likely N-dealkylation sites (tertiary alicyclic amines) is 1. The molecule has 7 rings (SSSR count). The summed E-state index contributed by atoms with van der Waals surface area (Å²) >= 11 is 14.7. The number of alkyl halides is 2. The fourth-order valence-electron chi connectivity index (χ4n) is 5.85. The summed E-state index contributed by atoms with van der Waals surface area (Å²) < 4.78 is 5.21. The number of halogens is 2.